The van der Waals surface area contributed by atoms with Gasteiger partial charge in [0.05, 0.1) is 0 Å². The molecule has 0 fully saturated rings. The van der Waals surface area contributed by atoms with E-state index in [0.29, 0.717) is 0 Å². The van der Waals surface area contributed by atoms with E-state index in [2.05, 4.69) is 71.1 Å². The van der Waals surface area contributed by atoms with Crippen molar-refractivity contribution < 1.29 is 0 Å². The summed E-state index contributed by atoms with van der Waals surface area (Å²) in [6.07, 6.45) is 0. The Kier molecular flexibility index (Phi) is 4.89. The molecule has 0 saturated heterocycles. The van der Waals surface area contributed by atoms with Crippen LogP contribution in [0.5, 0.6) is 0 Å². The smallest absolute Gasteiger partial charge is 0.133 e. The number of fused-ring (bicyclic) bond motifs is 1. The number of nitrogens with zero attached hydrogens (tertiary/aromatic N) is 3. The number of aromatic nitrogens is 3. The first-order valence-corrected chi connectivity index (χ1v) is 9.96. The Morgan fingerprint density at radius 1 is 0.852 bits per heavy atom. The summed E-state index contributed by atoms with van der Waals surface area (Å²) in [4.78, 5) is 5.58. The van der Waals surface area contributed by atoms with Crippen LogP contribution in [0.1, 0.15) is 16.8 Å². The summed E-state index contributed by atoms with van der Waals surface area (Å²) in [5.74, 6) is 0. The molecule has 0 unspecified atom stereocenters. The van der Waals surface area contributed by atoms with Crippen LogP contribution >= 0.6 is 24.4 Å². The fourth-order valence-corrected chi connectivity index (χ4v) is 4.30. The van der Waals surface area contributed by atoms with Crippen LogP contribution in [-0.4, -0.2) is 15.2 Å². The topological polar surface area (TPSA) is 38.7 Å². The highest BCUT2D eigenvalue weighted by atomic mass is 32.2. The number of hydrogen-bond donors (Lipinski definition) is 1. The molecule has 4 aromatic rings. The maximum atomic E-state index is 4.62. The summed E-state index contributed by atoms with van der Waals surface area (Å²) in [5.41, 5.74) is 5.24. The molecule has 2 heterocycles. The normalized spacial score (nSPS) is 11.1. The summed E-state index contributed by atoms with van der Waals surface area (Å²) in [7, 11) is 0. The molecule has 3 nitrogen and oxygen atoms in total. The van der Waals surface area contributed by atoms with Crippen LogP contribution in [0.2, 0.25) is 0 Å². The summed E-state index contributed by atoms with van der Waals surface area (Å²) >= 11 is 6.11. The van der Waals surface area contributed by atoms with Gasteiger partial charge in [-0.3, -0.25) is 0 Å². The molecule has 0 aliphatic heterocycles. The Balaban J connectivity index is 1.84. The van der Waals surface area contributed by atoms with Gasteiger partial charge < -0.3 is 0 Å². The van der Waals surface area contributed by atoms with E-state index in [1.807, 2.05) is 32.0 Å². The molecule has 0 amide bonds. The molecule has 0 bridgehead atoms. The Morgan fingerprint density at radius 2 is 1.63 bits per heavy atom. The molecule has 2 aromatic heterocycles. The van der Waals surface area contributed by atoms with E-state index in [9.17, 15) is 0 Å². The molecule has 4 rings (SSSR count). The highest BCUT2D eigenvalue weighted by Gasteiger charge is 2.13. The Labute approximate surface area is 168 Å². The number of pyridine rings is 1. The second-order valence-electron chi connectivity index (χ2n) is 6.63. The van der Waals surface area contributed by atoms with Crippen molar-refractivity contribution in [3.8, 4) is 11.3 Å². The van der Waals surface area contributed by atoms with Crippen molar-refractivity contribution in [1.82, 2.24) is 15.2 Å². The zero-order valence-corrected chi connectivity index (χ0v) is 17.1. The van der Waals surface area contributed by atoms with E-state index in [-0.39, 0.29) is 0 Å². The first-order chi connectivity index (χ1) is 13.0. The van der Waals surface area contributed by atoms with Gasteiger partial charge in [-0.25, -0.2) is 4.98 Å². The van der Waals surface area contributed by atoms with E-state index < -0.39 is 0 Å². The number of rotatable bonds is 3. The van der Waals surface area contributed by atoms with Crippen molar-refractivity contribution in [2.24, 2.45) is 0 Å². The van der Waals surface area contributed by atoms with Crippen LogP contribution in [0.15, 0.2) is 69.5 Å². The maximum absolute atomic E-state index is 4.62. The predicted octanol–water partition coefficient (Wildman–Crippen LogP) is 6.06. The number of aryl methyl sites for hydroxylation is 3. The van der Waals surface area contributed by atoms with Crippen molar-refractivity contribution in [2.75, 3.05) is 0 Å². The van der Waals surface area contributed by atoms with Crippen LogP contribution in [0.3, 0.4) is 0 Å². The standard InChI is InChI=1S/C22H19N3S2/c1-13-10-15(3)23-20(11-13)27-22-18-7-5-4-6-17(18)21(24-25-22)16-9-8-14(2)19(26)12-16/h4-12,26H,1-3H3. The van der Waals surface area contributed by atoms with Crippen molar-refractivity contribution in [3.63, 3.8) is 0 Å². The molecule has 5 heteroatoms. The van der Waals surface area contributed by atoms with Crippen molar-refractivity contribution in [2.45, 2.75) is 35.7 Å². The second-order valence-corrected chi connectivity index (χ2v) is 8.12. The molecule has 0 atom stereocenters. The number of thiol groups is 1. The van der Waals surface area contributed by atoms with Gasteiger partial charge >= 0.3 is 0 Å². The van der Waals surface area contributed by atoms with E-state index in [4.69, 9.17) is 0 Å². The lowest BCUT2D eigenvalue weighted by Crippen LogP contribution is -1.95. The monoisotopic (exact) mass is 389 g/mol. The molecule has 0 N–H and O–H groups in total. The third-order valence-corrected chi connectivity index (χ3v) is 5.81. The highest BCUT2D eigenvalue weighted by molar-refractivity contribution is 7.99. The first kappa shape index (κ1) is 18.0. The fraction of sp³-hybridized carbons (Fsp3) is 0.136. The zero-order chi connectivity index (χ0) is 19.0. The lowest BCUT2D eigenvalue weighted by atomic mass is 10.0. The van der Waals surface area contributed by atoms with Gasteiger partial charge in [-0.1, -0.05) is 36.4 Å². The SMILES string of the molecule is Cc1cc(C)nc(Sc2nnc(-c3ccc(C)c(S)c3)c3ccccc23)c1. The molecule has 134 valence electrons. The average Bonchev–Trinajstić information content (AvgIpc) is 2.64. The summed E-state index contributed by atoms with van der Waals surface area (Å²) in [5, 5.41) is 13.1. The molecule has 0 spiro atoms. The first-order valence-electron chi connectivity index (χ1n) is 8.70. The van der Waals surface area contributed by atoms with Crippen LogP contribution in [-0.2, 0) is 0 Å². The quantitative estimate of drug-likeness (QED) is 0.432. The lowest BCUT2D eigenvalue weighted by molar-refractivity contribution is 0.954. The van der Waals surface area contributed by atoms with Gasteiger partial charge in [0.1, 0.15) is 15.7 Å². The van der Waals surface area contributed by atoms with Crippen molar-refractivity contribution in [3.05, 3.63) is 71.4 Å². The zero-order valence-electron chi connectivity index (χ0n) is 15.4. The van der Waals surface area contributed by atoms with Gasteiger partial charge in [-0.2, -0.15) is 0 Å². The molecule has 27 heavy (non-hydrogen) atoms. The van der Waals surface area contributed by atoms with E-state index in [1.165, 1.54) is 5.56 Å². The predicted molar refractivity (Wildman–Crippen MR) is 115 cm³/mol. The van der Waals surface area contributed by atoms with Crippen LogP contribution in [0.25, 0.3) is 22.0 Å². The Hall–Kier alpha value is -2.37. The molecule has 0 aliphatic rings. The van der Waals surface area contributed by atoms with Gasteiger partial charge in [0.15, 0.2) is 0 Å². The largest absolute Gasteiger partial charge is 0.246 e. The average molecular weight is 390 g/mol. The molecular weight excluding hydrogens is 370 g/mol. The Morgan fingerprint density at radius 3 is 2.37 bits per heavy atom. The third kappa shape index (κ3) is 3.70. The van der Waals surface area contributed by atoms with E-state index >= 15 is 0 Å². The van der Waals surface area contributed by atoms with E-state index in [0.717, 1.165) is 48.2 Å². The fourth-order valence-electron chi connectivity index (χ4n) is 3.08. The number of hydrogen-bond acceptors (Lipinski definition) is 5. The molecular formula is C22H19N3S2. The minimum Gasteiger partial charge on any atom is -0.246 e. The van der Waals surface area contributed by atoms with Gasteiger partial charge in [0.2, 0.25) is 0 Å². The summed E-state index contributed by atoms with van der Waals surface area (Å²) < 4.78 is 0. The molecule has 0 aliphatic carbocycles. The van der Waals surface area contributed by atoms with Gasteiger partial charge in [0.25, 0.3) is 0 Å². The van der Waals surface area contributed by atoms with Crippen LogP contribution in [0, 0.1) is 20.8 Å². The minimum atomic E-state index is 0.866. The van der Waals surface area contributed by atoms with Gasteiger partial charge in [0, 0.05) is 26.9 Å². The highest BCUT2D eigenvalue weighted by Crippen LogP contribution is 2.35. The van der Waals surface area contributed by atoms with Gasteiger partial charge in [-0.15, -0.1) is 22.8 Å². The third-order valence-electron chi connectivity index (χ3n) is 4.41. The van der Waals surface area contributed by atoms with Crippen LogP contribution in [0.4, 0.5) is 0 Å². The van der Waals surface area contributed by atoms with Crippen molar-refractivity contribution >= 4 is 35.2 Å². The molecule has 0 saturated carbocycles. The summed E-state index contributed by atoms with van der Waals surface area (Å²) in [6, 6.07) is 18.6. The number of benzene rings is 2. The Bertz CT molecular complexity index is 1140. The second kappa shape index (κ2) is 7.33. The van der Waals surface area contributed by atoms with Gasteiger partial charge in [-0.05, 0) is 61.9 Å². The maximum Gasteiger partial charge on any atom is 0.133 e. The molecule has 0 radical (unpaired) electrons. The lowest BCUT2D eigenvalue weighted by Gasteiger charge is -2.10. The van der Waals surface area contributed by atoms with Crippen LogP contribution < -0.4 is 0 Å². The minimum absolute atomic E-state index is 0.866. The molecule has 2 aromatic carbocycles. The van der Waals surface area contributed by atoms with E-state index in [1.54, 1.807) is 11.8 Å². The summed E-state index contributed by atoms with van der Waals surface area (Å²) in [6.45, 7) is 6.14. The van der Waals surface area contributed by atoms with Crippen molar-refractivity contribution in [1.29, 1.82) is 0 Å².